The fourth-order valence-corrected chi connectivity index (χ4v) is 6.97. The van der Waals surface area contributed by atoms with Gasteiger partial charge in [-0.3, -0.25) is 4.79 Å². The average molecular weight is 668 g/mol. The molecule has 0 bridgehead atoms. The van der Waals surface area contributed by atoms with E-state index in [4.69, 9.17) is 25.1 Å². The standard InChI is InChI=1S/C36H37N5O6S/c1-26-9-7-10-27(23-26)24-38-35(43)36(19-22-48(44,45)31-12-3-2-4-13-31)33(32-14-6-5-11-29(32)25-39-41-37)47-34(40-36)28-15-17-30(18-16-28)46-21-8-20-42/h2-7,9-18,23,33,42H,8,19-22,24-25H2,1H3,(H,38,43)/t33-,36-/m1/s1. The van der Waals surface area contributed by atoms with E-state index in [2.05, 4.69) is 15.3 Å². The monoisotopic (exact) mass is 667 g/mol. The lowest BCUT2D eigenvalue weighted by molar-refractivity contribution is -0.129. The van der Waals surface area contributed by atoms with Gasteiger partial charge in [0, 0.05) is 36.5 Å². The van der Waals surface area contributed by atoms with Gasteiger partial charge in [-0.2, -0.15) is 0 Å². The molecule has 0 spiro atoms. The first-order chi connectivity index (χ1) is 23.3. The van der Waals surface area contributed by atoms with Gasteiger partial charge in [-0.1, -0.05) is 77.4 Å². The van der Waals surface area contributed by atoms with E-state index >= 15 is 0 Å². The number of azide groups is 1. The Bertz CT molecular complexity index is 1910. The third-order valence-corrected chi connectivity index (χ3v) is 9.79. The Kier molecular flexibility index (Phi) is 11.1. The van der Waals surface area contributed by atoms with Gasteiger partial charge in [0.25, 0.3) is 5.91 Å². The predicted molar refractivity (Wildman–Crippen MR) is 182 cm³/mol. The molecule has 0 aromatic heterocycles. The average Bonchev–Trinajstić information content (AvgIpc) is 3.50. The van der Waals surface area contributed by atoms with Gasteiger partial charge in [-0.25, -0.2) is 13.4 Å². The second kappa shape index (κ2) is 15.6. The molecule has 0 saturated carbocycles. The molecule has 0 saturated heterocycles. The summed E-state index contributed by atoms with van der Waals surface area (Å²) in [5, 5.41) is 15.8. The zero-order chi connectivity index (χ0) is 34.0. The van der Waals surface area contributed by atoms with Crippen molar-refractivity contribution in [2.45, 2.75) is 49.4 Å². The molecule has 2 atom stereocenters. The molecule has 0 aliphatic carbocycles. The number of aryl methyl sites for hydroxylation is 1. The number of aliphatic hydroxyl groups is 1. The molecular formula is C36H37N5O6S. The number of aliphatic hydroxyl groups excluding tert-OH is 1. The quantitative estimate of drug-likeness (QED) is 0.0683. The normalized spacial score (nSPS) is 17.1. The van der Waals surface area contributed by atoms with Crippen molar-refractivity contribution in [1.29, 1.82) is 0 Å². The van der Waals surface area contributed by atoms with E-state index in [1.807, 2.05) is 31.2 Å². The first-order valence-electron chi connectivity index (χ1n) is 15.6. The first kappa shape index (κ1) is 34.2. The van der Waals surface area contributed by atoms with E-state index in [-0.39, 0.29) is 42.7 Å². The SMILES string of the molecule is Cc1cccc(CNC(=O)[C@]2(CCS(=O)(=O)c3ccccc3)N=C(c3ccc(OCCCO)cc3)O[C@@H]2c2ccccc2CN=[N+]=[N-])c1. The third kappa shape index (κ3) is 8.03. The van der Waals surface area contributed by atoms with Gasteiger partial charge in [0.05, 0.1) is 23.8 Å². The van der Waals surface area contributed by atoms with Crippen LogP contribution < -0.4 is 10.1 Å². The van der Waals surface area contributed by atoms with E-state index in [9.17, 15) is 13.2 Å². The van der Waals surface area contributed by atoms with Crippen LogP contribution in [0.1, 0.15) is 46.8 Å². The van der Waals surface area contributed by atoms with Crippen molar-refractivity contribution < 1.29 is 27.8 Å². The van der Waals surface area contributed by atoms with Crippen LogP contribution in [0.2, 0.25) is 0 Å². The number of nitrogens with one attached hydrogen (secondary N) is 1. The highest BCUT2D eigenvalue weighted by Crippen LogP contribution is 2.44. The van der Waals surface area contributed by atoms with E-state index in [1.54, 1.807) is 66.7 Å². The summed E-state index contributed by atoms with van der Waals surface area (Å²) in [6.07, 6.45) is -0.766. The Balaban J connectivity index is 1.60. The highest BCUT2D eigenvalue weighted by molar-refractivity contribution is 7.91. The van der Waals surface area contributed by atoms with Gasteiger partial charge in [-0.05, 0) is 65.5 Å². The molecule has 1 amide bonds. The molecule has 1 aliphatic heterocycles. The Labute approximate surface area is 279 Å². The van der Waals surface area contributed by atoms with Crippen LogP contribution in [-0.2, 0) is 32.5 Å². The van der Waals surface area contributed by atoms with Crippen LogP contribution in [0.3, 0.4) is 0 Å². The fourth-order valence-electron chi connectivity index (χ4n) is 5.58. The second-order valence-corrected chi connectivity index (χ2v) is 13.5. The number of hydrogen-bond acceptors (Lipinski definition) is 8. The molecule has 1 heterocycles. The molecule has 2 N–H and O–H groups in total. The number of carbonyl (C=O) groups is 1. The minimum atomic E-state index is -3.83. The highest BCUT2D eigenvalue weighted by atomic mass is 32.2. The van der Waals surface area contributed by atoms with Crippen LogP contribution in [0.25, 0.3) is 10.4 Å². The third-order valence-electron chi connectivity index (χ3n) is 8.06. The number of carbonyl (C=O) groups excluding carboxylic acids is 1. The summed E-state index contributed by atoms with van der Waals surface area (Å²) in [6, 6.07) is 29.9. The molecular weight excluding hydrogens is 630 g/mol. The van der Waals surface area contributed by atoms with Crippen molar-refractivity contribution in [1.82, 2.24) is 5.32 Å². The Morgan fingerprint density at radius 1 is 1.04 bits per heavy atom. The van der Waals surface area contributed by atoms with Crippen molar-refractivity contribution in [3.8, 4) is 5.75 Å². The summed E-state index contributed by atoms with van der Waals surface area (Å²) in [5.74, 6) is -0.155. The molecule has 0 fully saturated rings. The smallest absolute Gasteiger partial charge is 0.252 e. The highest BCUT2D eigenvalue weighted by Gasteiger charge is 2.54. The molecule has 4 aromatic carbocycles. The maximum Gasteiger partial charge on any atom is 0.252 e. The zero-order valence-corrected chi connectivity index (χ0v) is 27.3. The van der Waals surface area contributed by atoms with Gasteiger partial charge >= 0.3 is 0 Å². The predicted octanol–water partition coefficient (Wildman–Crippen LogP) is 6.00. The number of ether oxygens (including phenoxy) is 2. The number of sulfone groups is 1. The summed E-state index contributed by atoms with van der Waals surface area (Å²) in [6.45, 7) is 2.50. The number of benzene rings is 4. The zero-order valence-electron chi connectivity index (χ0n) is 26.5. The summed E-state index contributed by atoms with van der Waals surface area (Å²) in [4.78, 5) is 22.5. The van der Waals surface area contributed by atoms with Gasteiger partial charge in [0.2, 0.25) is 5.90 Å². The summed E-state index contributed by atoms with van der Waals surface area (Å²) in [7, 11) is -3.83. The molecule has 11 nitrogen and oxygen atoms in total. The molecule has 12 heteroatoms. The fraction of sp³-hybridized carbons (Fsp3) is 0.278. The van der Waals surface area contributed by atoms with Crippen LogP contribution in [0.5, 0.6) is 5.75 Å². The summed E-state index contributed by atoms with van der Waals surface area (Å²) in [5.41, 5.74) is 11.0. The summed E-state index contributed by atoms with van der Waals surface area (Å²) < 4.78 is 39.5. The molecule has 1 aliphatic rings. The van der Waals surface area contributed by atoms with Crippen molar-refractivity contribution in [3.05, 3.63) is 141 Å². The molecule has 0 unspecified atom stereocenters. The number of hydrogen-bond donors (Lipinski definition) is 2. The van der Waals surface area contributed by atoms with Crippen molar-refractivity contribution in [3.63, 3.8) is 0 Å². The lowest BCUT2D eigenvalue weighted by atomic mass is 9.83. The van der Waals surface area contributed by atoms with E-state index < -0.39 is 27.4 Å². The topological polar surface area (TPSA) is 163 Å². The minimum Gasteiger partial charge on any atom is -0.494 e. The lowest BCUT2D eigenvalue weighted by Crippen LogP contribution is -2.49. The number of rotatable bonds is 15. The largest absolute Gasteiger partial charge is 0.494 e. The van der Waals surface area contributed by atoms with Crippen LogP contribution in [-0.4, -0.2) is 49.8 Å². The van der Waals surface area contributed by atoms with Crippen LogP contribution >= 0.6 is 0 Å². The lowest BCUT2D eigenvalue weighted by Gasteiger charge is -2.31. The number of nitrogens with zero attached hydrogens (tertiary/aromatic N) is 4. The van der Waals surface area contributed by atoms with E-state index in [0.717, 1.165) is 11.1 Å². The maximum absolute atomic E-state index is 14.6. The Morgan fingerprint density at radius 3 is 2.52 bits per heavy atom. The first-order valence-corrected chi connectivity index (χ1v) is 17.2. The summed E-state index contributed by atoms with van der Waals surface area (Å²) >= 11 is 0. The molecule has 48 heavy (non-hydrogen) atoms. The minimum absolute atomic E-state index is 0.00888. The number of amides is 1. The molecule has 248 valence electrons. The van der Waals surface area contributed by atoms with Gasteiger partial charge in [0.1, 0.15) is 5.75 Å². The van der Waals surface area contributed by atoms with Crippen molar-refractivity contribution >= 4 is 21.6 Å². The molecule has 5 rings (SSSR count). The van der Waals surface area contributed by atoms with Crippen LogP contribution in [0, 0.1) is 6.92 Å². The van der Waals surface area contributed by atoms with Crippen molar-refractivity contribution in [2.24, 2.45) is 10.1 Å². The van der Waals surface area contributed by atoms with Crippen LogP contribution in [0.4, 0.5) is 0 Å². The van der Waals surface area contributed by atoms with Crippen LogP contribution in [0.15, 0.2) is 118 Å². The maximum atomic E-state index is 14.6. The van der Waals surface area contributed by atoms with Gasteiger partial charge in [0.15, 0.2) is 21.5 Å². The Morgan fingerprint density at radius 2 is 1.79 bits per heavy atom. The molecule has 0 radical (unpaired) electrons. The second-order valence-electron chi connectivity index (χ2n) is 11.4. The van der Waals surface area contributed by atoms with E-state index in [1.165, 1.54) is 12.1 Å². The molecule has 4 aromatic rings. The Hall–Kier alpha value is -5.16. The van der Waals surface area contributed by atoms with Gasteiger partial charge < -0.3 is 19.9 Å². The van der Waals surface area contributed by atoms with Gasteiger partial charge in [-0.15, -0.1) is 0 Å². The van der Waals surface area contributed by atoms with Crippen molar-refractivity contribution in [2.75, 3.05) is 19.0 Å². The number of aliphatic imine (C=N–C) groups is 1. The van der Waals surface area contributed by atoms with E-state index in [0.29, 0.717) is 35.5 Å².